The molecule has 0 spiro atoms. The number of hydrogen-bond acceptors (Lipinski definition) is 4. The third-order valence-corrected chi connectivity index (χ3v) is 5.33. The minimum Gasteiger partial charge on any atom is -0.377 e. The summed E-state index contributed by atoms with van der Waals surface area (Å²) in [6, 6.07) is 10.8. The fraction of sp³-hybridized carbons (Fsp3) is 0.312. The lowest BCUT2D eigenvalue weighted by Gasteiger charge is -2.18. The van der Waals surface area contributed by atoms with Gasteiger partial charge in [-0.1, -0.05) is 12.1 Å². The zero-order valence-electron chi connectivity index (χ0n) is 13.2. The molecule has 0 fully saturated rings. The molecule has 0 aliphatic rings. The molecule has 0 aliphatic heterocycles. The summed E-state index contributed by atoms with van der Waals surface area (Å²) in [5.74, 6) is 0. The van der Waals surface area contributed by atoms with Crippen LogP contribution in [0.3, 0.4) is 0 Å². The first-order valence-corrected chi connectivity index (χ1v) is 8.47. The van der Waals surface area contributed by atoms with Crippen LogP contribution in [0.5, 0.6) is 0 Å². The lowest BCUT2D eigenvalue weighted by molar-refractivity contribution is 0.520. The van der Waals surface area contributed by atoms with E-state index in [9.17, 15) is 8.42 Å². The Hall–Kier alpha value is -1.92. The summed E-state index contributed by atoms with van der Waals surface area (Å²) in [5, 5.41) is 3.36. The van der Waals surface area contributed by atoms with Crippen molar-refractivity contribution in [2.45, 2.75) is 24.8 Å². The zero-order chi connectivity index (χ0) is 16.3. The lowest BCUT2D eigenvalue weighted by Crippen LogP contribution is -2.22. The molecule has 0 bridgehead atoms. The maximum absolute atomic E-state index is 12.2. The normalized spacial score (nSPS) is 13.1. The van der Waals surface area contributed by atoms with Crippen LogP contribution in [0.4, 0.5) is 5.69 Å². The number of rotatable bonds is 5. The van der Waals surface area contributed by atoms with Crippen LogP contribution in [0, 0.1) is 6.92 Å². The van der Waals surface area contributed by atoms with Gasteiger partial charge in [0.2, 0.25) is 10.0 Å². The Labute approximate surface area is 132 Å². The molecule has 118 valence electrons. The summed E-state index contributed by atoms with van der Waals surface area (Å²) < 4.78 is 25.6. The van der Waals surface area contributed by atoms with Gasteiger partial charge in [0, 0.05) is 26.3 Å². The van der Waals surface area contributed by atoms with E-state index in [0.717, 1.165) is 16.9 Å². The third-order valence-electron chi connectivity index (χ3n) is 3.52. The van der Waals surface area contributed by atoms with Crippen molar-refractivity contribution in [3.8, 4) is 0 Å². The molecule has 1 heterocycles. The van der Waals surface area contributed by atoms with Crippen molar-refractivity contribution in [1.82, 2.24) is 9.29 Å². The minimum atomic E-state index is -3.42. The van der Waals surface area contributed by atoms with E-state index in [-0.39, 0.29) is 6.04 Å². The monoisotopic (exact) mass is 319 g/mol. The van der Waals surface area contributed by atoms with Crippen LogP contribution in [-0.2, 0) is 10.0 Å². The van der Waals surface area contributed by atoms with E-state index in [1.807, 2.05) is 32.0 Å². The molecule has 1 aromatic heterocycles. The molecule has 2 aromatic rings. The molecular weight excluding hydrogens is 298 g/mol. The molecule has 0 amide bonds. The molecule has 0 saturated heterocycles. The van der Waals surface area contributed by atoms with Gasteiger partial charge < -0.3 is 5.32 Å². The summed E-state index contributed by atoms with van der Waals surface area (Å²) in [4.78, 5) is 4.54. The maximum Gasteiger partial charge on any atom is 0.242 e. The second kappa shape index (κ2) is 6.46. The summed E-state index contributed by atoms with van der Waals surface area (Å²) in [5.41, 5.74) is 2.76. The number of anilines is 1. The highest BCUT2D eigenvalue weighted by Gasteiger charge is 2.18. The van der Waals surface area contributed by atoms with E-state index in [1.165, 1.54) is 18.4 Å². The van der Waals surface area contributed by atoms with Crippen LogP contribution in [0.2, 0.25) is 0 Å². The van der Waals surface area contributed by atoms with Crippen LogP contribution >= 0.6 is 0 Å². The number of nitrogens with one attached hydrogen (secondary N) is 1. The second-order valence-electron chi connectivity index (χ2n) is 5.36. The van der Waals surface area contributed by atoms with E-state index < -0.39 is 10.0 Å². The molecule has 0 radical (unpaired) electrons. The maximum atomic E-state index is 12.2. The molecule has 1 unspecified atom stereocenters. The van der Waals surface area contributed by atoms with Gasteiger partial charge in [0.15, 0.2) is 0 Å². The van der Waals surface area contributed by atoms with E-state index in [2.05, 4.69) is 10.3 Å². The van der Waals surface area contributed by atoms with Gasteiger partial charge in [-0.3, -0.25) is 4.98 Å². The highest BCUT2D eigenvalue weighted by atomic mass is 32.2. The SMILES string of the molecule is Cc1ncccc1NC(C)c1cccc(S(=O)(=O)N(C)C)c1. The lowest BCUT2D eigenvalue weighted by atomic mass is 10.1. The van der Waals surface area contributed by atoms with Crippen molar-refractivity contribution in [3.05, 3.63) is 53.9 Å². The van der Waals surface area contributed by atoms with Crippen LogP contribution in [0.25, 0.3) is 0 Å². The minimum absolute atomic E-state index is 0.0276. The van der Waals surface area contributed by atoms with Gasteiger partial charge in [-0.2, -0.15) is 0 Å². The molecule has 1 N–H and O–H groups in total. The highest BCUT2D eigenvalue weighted by Crippen LogP contribution is 2.23. The summed E-state index contributed by atoms with van der Waals surface area (Å²) in [6.07, 6.45) is 1.75. The average Bonchev–Trinajstić information content (AvgIpc) is 2.49. The molecule has 1 aromatic carbocycles. The van der Waals surface area contributed by atoms with Crippen molar-refractivity contribution in [2.24, 2.45) is 0 Å². The Morgan fingerprint density at radius 1 is 1.18 bits per heavy atom. The predicted molar refractivity (Wildman–Crippen MR) is 88.3 cm³/mol. The Morgan fingerprint density at radius 3 is 2.55 bits per heavy atom. The van der Waals surface area contributed by atoms with Gasteiger partial charge in [-0.05, 0) is 43.7 Å². The fourth-order valence-electron chi connectivity index (χ4n) is 2.11. The van der Waals surface area contributed by atoms with Gasteiger partial charge in [0.1, 0.15) is 0 Å². The van der Waals surface area contributed by atoms with Crippen molar-refractivity contribution in [2.75, 3.05) is 19.4 Å². The van der Waals surface area contributed by atoms with Gasteiger partial charge in [-0.25, -0.2) is 12.7 Å². The number of nitrogens with zero attached hydrogens (tertiary/aromatic N) is 2. The van der Waals surface area contributed by atoms with Crippen LogP contribution in [-0.4, -0.2) is 31.8 Å². The number of hydrogen-bond donors (Lipinski definition) is 1. The van der Waals surface area contributed by atoms with E-state index in [1.54, 1.807) is 24.4 Å². The largest absolute Gasteiger partial charge is 0.377 e. The second-order valence-corrected chi connectivity index (χ2v) is 7.51. The van der Waals surface area contributed by atoms with Crippen LogP contribution in [0.15, 0.2) is 47.5 Å². The molecule has 0 saturated carbocycles. The Balaban J connectivity index is 2.28. The van der Waals surface area contributed by atoms with Crippen molar-refractivity contribution < 1.29 is 8.42 Å². The van der Waals surface area contributed by atoms with Gasteiger partial charge in [0.25, 0.3) is 0 Å². The molecule has 2 rings (SSSR count). The van der Waals surface area contributed by atoms with E-state index in [4.69, 9.17) is 0 Å². The van der Waals surface area contributed by atoms with Crippen molar-refractivity contribution >= 4 is 15.7 Å². The first-order chi connectivity index (χ1) is 10.3. The highest BCUT2D eigenvalue weighted by molar-refractivity contribution is 7.89. The Kier molecular flexibility index (Phi) is 4.83. The average molecular weight is 319 g/mol. The fourth-order valence-corrected chi connectivity index (χ4v) is 3.07. The first-order valence-electron chi connectivity index (χ1n) is 7.03. The Bertz CT molecular complexity index is 757. The first kappa shape index (κ1) is 16.5. The molecular formula is C16H21N3O2S. The topological polar surface area (TPSA) is 62.3 Å². The molecule has 0 aliphatic carbocycles. The molecule has 6 heteroatoms. The van der Waals surface area contributed by atoms with Crippen LogP contribution in [0.1, 0.15) is 24.2 Å². The number of aromatic nitrogens is 1. The molecule has 5 nitrogen and oxygen atoms in total. The number of pyridine rings is 1. The van der Waals surface area contributed by atoms with Gasteiger partial charge in [0.05, 0.1) is 16.3 Å². The molecule has 1 atom stereocenters. The predicted octanol–water partition coefficient (Wildman–Crippen LogP) is 2.81. The van der Waals surface area contributed by atoms with E-state index >= 15 is 0 Å². The zero-order valence-corrected chi connectivity index (χ0v) is 14.1. The van der Waals surface area contributed by atoms with Crippen molar-refractivity contribution in [1.29, 1.82) is 0 Å². The Morgan fingerprint density at radius 2 is 1.91 bits per heavy atom. The smallest absolute Gasteiger partial charge is 0.242 e. The van der Waals surface area contributed by atoms with Crippen molar-refractivity contribution in [3.63, 3.8) is 0 Å². The number of sulfonamides is 1. The van der Waals surface area contributed by atoms with Crippen LogP contribution < -0.4 is 5.32 Å². The quantitative estimate of drug-likeness (QED) is 0.920. The van der Waals surface area contributed by atoms with Gasteiger partial charge >= 0.3 is 0 Å². The summed E-state index contributed by atoms with van der Waals surface area (Å²) in [6.45, 7) is 3.93. The standard InChI is InChI=1S/C16H21N3O2S/c1-12(18-16-9-6-10-17-13(16)2)14-7-5-8-15(11-14)22(20,21)19(3)4/h5-12,18H,1-4H3. The summed E-state index contributed by atoms with van der Waals surface area (Å²) in [7, 11) is -0.360. The third kappa shape index (κ3) is 3.45. The number of aryl methyl sites for hydroxylation is 1. The van der Waals surface area contributed by atoms with E-state index in [0.29, 0.717) is 4.90 Å². The van der Waals surface area contributed by atoms with Gasteiger partial charge in [-0.15, -0.1) is 0 Å². The summed E-state index contributed by atoms with van der Waals surface area (Å²) >= 11 is 0. The number of benzene rings is 1. The molecule has 22 heavy (non-hydrogen) atoms.